The fourth-order valence-electron chi connectivity index (χ4n) is 4.71. The Balaban J connectivity index is 1.19. The van der Waals surface area contributed by atoms with Crippen molar-refractivity contribution in [3.63, 3.8) is 0 Å². The maximum Gasteiger partial charge on any atom is 0.415 e. The molecule has 1 aromatic carbocycles. The van der Waals surface area contributed by atoms with Gasteiger partial charge in [0.05, 0.1) is 23.9 Å². The summed E-state index contributed by atoms with van der Waals surface area (Å²) < 4.78 is 12.3. The van der Waals surface area contributed by atoms with E-state index >= 15 is 0 Å². The Bertz CT molecular complexity index is 1480. The van der Waals surface area contributed by atoms with Crippen molar-refractivity contribution in [1.29, 1.82) is 0 Å². The van der Waals surface area contributed by atoms with Crippen molar-refractivity contribution in [3.8, 4) is 17.6 Å². The molecule has 15 nitrogen and oxygen atoms in total. The van der Waals surface area contributed by atoms with Crippen molar-refractivity contribution in [2.45, 2.75) is 43.8 Å². The SMILES string of the molecule is Nc1nc(C#CCC2CCN(C(=O)Oc3cccc([N+](=O)[O-])c3)CC2)nc2c1ncn2[C@@H]1O[C@H](CO)C(O)C1O. The second kappa shape index (κ2) is 11.4. The van der Waals surface area contributed by atoms with E-state index in [1.807, 2.05) is 0 Å². The first-order valence-corrected chi connectivity index (χ1v) is 12.6. The van der Waals surface area contributed by atoms with Gasteiger partial charge in [0, 0.05) is 25.6 Å². The number of aromatic nitrogens is 4. The number of hydrogen-bond acceptors (Lipinski definition) is 12. The fourth-order valence-corrected chi connectivity index (χ4v) is 4.71. The van der Waals surface area contributed by atoms with E-state index in [0.717, 1.165) is 0 Å². The lowest BCUT2D eigenvalue weighted by atomic mass is 9.94. The molecule has 0 aliphatic carbocycles. The number of anilines is 1. The first-order chi connectivity index (χ1) is 19.2. The molecule has 5 rings (SSSR count). The molecule has 2 unspecified atom stereocenters. The van der Waals surface area contributed by atoms with Gasteiger partial charge in [-0.15, -0.1) is 0 Å². The molecule has 4 atom stereocenters. The van der Waals surface area contributed by atoms with E-state index in [2.05, 4.69) is 26.8 Å². The number of amides is 1. The van der Waals surface area contributed by atoms with Gasteiger partial charge in [0.2, 0.25) is 5.82 Å². The van der Waals surface area contributed by atoms with Crippen LogP contribution >= 0.6 is 0 Å². The van der Waals surface area contributed by atoms with Crippen LogP contribution in [0.4, 0.5) is 16.3 Å². The Labute approximate surface area is 227 Å². The van der Waals surface area contributed by atoms with E-state index in [1.165, 1.54) is 35.2 Å². The highest BCUT2D eigenvalue weighted by molar-refractivity contribution is 5.82. The zero-order chi connectivity index (χ0) is 28.4. The quantitative estimate of drug-likeness (QED) is 0.194. The summed E-state index contributed by atoms with van der Waals surface area (Å²) >= 11 is 0. The number of aliphatic hydroxyl groups is 3. The predicted molar refractivity (Wildman–Crippen MR) is 138 cm³/mol. The number of non-ortho nitro benzene ring substituents is 1. The van der Waals surface area contributed by atoms with Gasteiger partial charge < -0.3 is 35.4 Å². The monoisotopic (exact) mass is 553 g/mol. The molecule has 40 heavy (non-hydrogen) atoms. The van der Waals surface area contributed by atoms with Crippen molar-refractivity contribution >= 4 is 28.8 Å². The van der Waals surface area contributed by atoms with Crippen LogP contribution in [0.3, 0.4) is 0 Å². The van der Waals surface area contributed by atoms with Crippen molar-refractivity contribution in [1.82, 2.24) is 24.4 Å². The summed E-state index contributed by atoms with van der Waals surface area (Å²) in [5, 5.41) is 40.8. The van der Waals surface area contributed by atoms with Crippen LogP contribution in [0.2, 0.25) is 0 Å². The van der Waals surface area contributed by atoms with E-state index in [-0.39, 0.29) is 40.2 Å². The minimum absolute atomic E-state index is 0.0929. The molecule has 0 saturated carbocycles. The number of hydrogen-bond donors (Lipinski definition) is 4. The number of imidazole rings is 1. The third-order valence-electron chi connectivity index (χ3n) is 6.94. The molecule has 1 amide bonds. The smallest absolute Gasteiger partial charge is 0.410 e. The van der Waals surface area contributed by atoms with Crippen molar-refractivity contribution < 1.29 is 34.5 Å². The number of piperidine rings is 1. The van der Waals surface area contributed by atoms with Crippen LogP contribution in [-0.4, -0.2) is 88.8 Å². The van der Waals surface area contributed by atoms with Crippen molar-refractivity contribution in [2.24, 2.45) is 5.92 Å². The van der Waals surface area contributed by atoms with Crippen LogP contribution in [0.5, 0.6) is 5.75 Å². The molecule has 0 spiro atoms. The number of likely N-dealkylation sites (tertiary alicyclic amines) is 1. The average Bonchev–Trinajstić information content (AvgIpc) is 3.49. The molecule has 0 radical (unpaired) electrons. The normalized spacial score (nSPS) is 23.1. The third kappa shape index (κ3) is 5.51. The summed E-state index contributed by atoms with van der Waals surface area (Å²) in [7, 11) is 0. The zero-order valence-electron chi connectivity index (χ0n) is 21.2. The number of fused-ring (bicyclic) bond motifs is 1. The second-order valence-corrected chi connectivity index (χ2v) is 9.54. The zero-order valence-corrected chi connectivity index (χ0v) is 21.2. The van der Waals surface area contributed by atoms with E-state index in [1.54, 1.807) is 4.90 Å². The summed E-state index contributed by atoms with van der Waals surface area (Å²) in [6.45, 7) is 0.450. The summed E-state index contributed by atoms with van der Waals surface area (Å²) in [5.41, 5.74) is 6.44. The number of ether oxygens (including phenoxy) is 2. The number of nitrogen functional groups attached to an aromatic ring is 1. The summed E-state index contributed by atoms with van der Waals surface area (Å²) in [6.07, 6.45) is -1.85. The number of nitro groups is 1. The highest BCUT2D eigenvalue weighted by Crippen LogP contribution is 2.32. The Morgan fingerprint density at radius 1 is 1.25 bits per heavy atom. The lowest BCUT2D eigenvalue weighted by Crippen LogP contribution is -2.40. The van der Waals surface area contributed by atoms with Crippen LogP contribution in [-0.2, 0) is 4.74 Å². The fraction of sp³-hybridized carbons (Fsp3) is 0.440. The first kappa shape index (κ1) is 27.2. The lowest BCUT2D eigenvalue weighted by molar-refractivity contribution is -0.384. The Morgan fingerprint density at radius 2 is 2.02 bits per heavy atom. The maximum atomic E-state index is 12.5. The van der Waals surface area contributed by atoms with Gasteiger partial charge in [0.15, 0.2) is 17.7 Å². The standard InChI is InChI=1S/C25H27N7O8/c26-22-19-23(31(13-27-19)24-21(35)20(34)17(12-33)40-24)29-18(28-22)6-1-3-14-7-9-30(10-8-14)25(36)39-16-5-2-4-15(11-16)32(37)38/h2,4-5,11,13-14,17,20-21,24,33-35H,3,7-10,12H2,(H2,26,28,29)/t17-,20?,21?,24-/m1/s1. The molecule has 2 aromatic heterocycles. The van der Waals surface area contributed by atoms with Gasteiger partial charge in [-0.05, 0) is 30.7 Å². The number of carbonyl (C=O) groups excluding carboxylic acids is 1. The Kier molecular flexibility index (Phi) is 7.76. The van der Waals surface area contributed by atoms with Crippen molar-refractivity contribution in [2.75, 3.05) is 25.4 Å². The number of carbonyl (C=O) groups is 1. The van der Waals surface area contributed by atoms with Gasteiger partial charge in [-0.2, -0.15) is 0 Å². The molecular weight excluding hydrogens is 526 g/mol. The van der Waals surface area contributed by atoms with E-state index < -0.39 is 42.2 Å². The number of aliphatic hydroxyl groups excluding tert-OH is 3. The third-order valence-corrected chi connectivity index (χ3v) is 6.94. The average molecular weight is 554 g/mol. The topological polar surface area (TPSA) is 212 Å². The lowest BCUT2D eigenvalue weighted by Gasteiger charge is -2.30. The van der Waals surface area contributed by atoms with Crippen LogP contribution in [0.15, 0.2) is 30.6 Å². The number of nitrogens with two attached hydrogens (primary N) is 1. The Morgan fingerprint density at radius 3 is 2.73 bits per heavy atom. The van der Waals surface area contributed by atoms with E-state index in [9.17, 15) is 30.2 Å². The van der Waals surface area contributed by atoms with Gasteiger partial charge >= 0.3 is 6.09 Å². The van der Waals surface area contributed by atoms with Crippen LogP contribution in [0.1, 0.15) is 31.3 Å². The molecule has 15 heteroatoms. The van der Waals surface area contributed by atoms with Crippen molar-refractivity contribution in [3.05, 3.63) is 46.5 Å². The highest BCUT2D eigenvalue weighted by Gasteiger charge is 2.44. The first-order valence-electron chi connectivity index (χ1n) is 12.6. The van der Waals surface area contributed by atoms with Gasteiger partial charge in [-0.25, -0.2) is 19.7 Å². The largest absolute Gasteiger partial charge is 0.415 e. The number of nitrogens with zero attached hydrogens (tertiary/aromatic N) is 6. The molecule has 2 fully saturated rings. The summed E-state index contributed by atoms with van der Waals surface area (Å²) in [6, 6.07) is 5.47. The second-order valence-electron chi connectivity index (χ2n) is 9.54. The molecule has 3 aromatic rings. The highest BCUT2D eigenvalue weighted by atomic mass is 16.6. The molecule has 2 saturated heterocycles. The van der Waals surface area contributed by atoms with Gasteiger partial charge in [0.25, 0.3) is 5.69 Å². The van der Waals surface area contributed by atoms with Crippen LogP contribution in [0.25, 0.3) is 11.2 Å². The summed E-state index contributed by atoms with van der Waals surface area (Å²) in [5.74, 6) is 6.55. The van der Waals surface area contributed by atoms with Crippen LogP contribution < -0.4 is 10.5 Å². The number of nitro benzene ring substituents is 1. The van der Waals surface area contributed by atoms with Crippen LogP contribution in [0, 0.1) is 27.9 Å². The molecule has 5 N–H and O–H groups in total. The predicted octanol–water partition coefficient (Wildman–Crippen LogP) is 0.581. The van der Waals surface area contributed by atoms with Gasteiger partial charge in [-0.3, -0.25) is 14.7 Å². The minimum Gasteiger partial charge on any atom is -0.410 e. The molecule has 210 valence electrons. The van der Waals surface area contributed by atoms with E-state index in [4.69, 9.17) is 15.2 Å². The molecule has 0 bridgehead atoms. The molecule has 4 heterocycles. The maximum absolute atomic E-state index is 12.5. The molecular formula is C25H27N7O8. The number of rotatable bonds is 5. The minimum atomic E-state index is -1.31. The summed E-state index contributed by atoms with van der Waals surface area (Å²) in [4.78, 5) is 37.2. The van der Waals surface area contributed by atoms with Gasteiger partial charge in [0.1, 0.15) is 29.6 Å². The number of benzene rings is 1. The van der Waals surface area contributed by atoms with E-state index in [0.29, 0.717) is 32.4 Å². The Hall–Kier alpha value is -4.36. The molecule has 2 aliphatic rings. The van der Waals surface area contributed by atoms with Gasteiger partial charge in [-0.1, -0.05) is 12.0 Å². The molecule has 2 aliphatic heterocycles.